The van der Waals surface area contributed by atoms with Crippen LogP contribution in [0.2, 0.25) is 5.02 Å². The van der Waals surface area contributed by atoms with E-state index >= 15 is 4.39 Å². The number of amidine groups is 1. The molecule has 0 aliphatic carbocycles. The molecule has 0 bridgehead atoms. The first-order valence-electron chi connectivity index (χ1n) is 14.7. The predicted molar refractivity (Wildman–Crippen MR) is 169 cm³/mol. The Morgan fingerprint density at radius 2 is 2.12 bits per heavy atom. The molecule has 1 aromatic carbocycles. The van der Waals surface area contributed by atoms with E-state index in [2.05, 4.69) is 39.1 Å². The molecule has 0 amide bonds. The number of allylic oxidation sites excluding steroid dienone is 1. The molecule has 3 aromatic heterocycles. The first-order valence-corrected chi connectivity index (χ1v) is 15.1. The molecule has 0 radical (unpaired) electrons. The first kappa shape index (κ1) is 30.3. The number of nitrogens with one attached hydrogen (secondary N) is 1. The maximum atomic E-state index is 15.6. The van der Waals surface area contributed by atoms with Crippen LogP contribution in [0.4, 0.5) is 15.9 Å². The summed E-state index contributed by atoms with van der Waals surface area (Å²) in [5.41, 5.74) is 2.21. The van der Waals surface area contributed by atoms with Crippen molar-refractivity contribution >= 4 is 34.6 Å². The molecule has 1 aliphatic heterocycles. The normalized spacial score (nSPS) is 15.4. The lowest BCUT2D eigenvalue weighted by molar-refractivity contribution is 0.273. The van der Waals surface area contributed by atoms with Crippen LogP contribution < -0.4 is 19.7 Å². The van der Waals surface area contributed by atoms with Crippen molar-refractivity contribution in [2.45, 2.75) is 53.4 Å². The van der Waals surface area contributed by atoms with Crippen LogP contribution in [0.15, 0.2) is 60.1 Å². The summed E-state index contributed by atoms with van der Waals surface area (Å²) in [6, 6.07) is 8.13. The molecular weight excluding hydrogens is 569 g/mol. The van der Waals surface area contributed by atoms with Crippen LogP contribution >= 0.6 is 11.6 Å². The van der Waals surface area contributed by atoms with Gasteiger partial charge in [0, 0.05) is 43.5 Å². The van der Waals surface area contributed by atoms with Crippen molar-refractivity contribution < 1.29 is 13.9 Å². The number of aromatic nitrogens is 4. The zero-order valence-electron chi connectivity index (χ0n) is 25.0. The number of benzene rings is 1. The van der Waals surface area contributed by atoms with Gasteiger partial charge in [0.2, 0.25) is 0 Å². The number of fused-ring (bicyclic) bond motifs is 2. The van der Waals surface area contributed by atoms with Gasteiger partial charge in [-0.3, -0.25) is 0 Å². The number of aliphatic imine (C=N–C) groups is 1. The molecule has 43 heavy (non-hydrogen) atoms. The van der Waals surface area contributed by atoms with Crippen molar-refractivity contribution in [1.82, 2.24) is 19.6 Å². The highest BCUT2D eigenvalue weighted by Crippen LogP contribution is 2.36. The zero-order chi connectivity index (χ0) is 30.3. The Balaban J connectivity index is 1.47. The van der Waals surface area contributed by atoms with Crippen LogP contribution in [-0.2, 0) is 0 Å². The first-order chi connectivity index (χ1) is 20.9. The van der Waals surface area contributed by atoms with Gasteiger partial charge in [-0.2, -0.15) is 5.10 Å². The van der Waals surface area contributed by atoms with Crippen LogP contribution in [-0.4, -0.2) is 45.1 Å². The topological polar surface area (TPSA) is 89.2 Å². The molecule has 4 aromatic rings. The molecule has 0 fully saturated rings. The van der Waals surface area contributed by atoms with Gasteiger partial charge in [0.05, 0.1) is 17.3 Å². The van der Waals surface area contributed by atoms with Crippen molar-refractivity contribution in [3.8, 4) is 17.2 Å². The van der Waals surface area contributed by atoms with Gasteiger partial charge in [0.25, 0.3) is 0 Å². The molecular formula is C32H37ClFN7O2. The molecule has 0 saturated carbocycles. The Morgan fingerprint density at radius 3 is 2.93 bits per heavy atom. The highest BCUT2D eigenvalue weighted by atomic mass is 35.5. The highest BCUT2D eigenvalue weighted by Gasteiger charge is 2.25. The quantitative estimate of drug-likeness (QED) is 0.112. The summed E-state index contributed by atoms with van der Waals surface area (Å²) in [4.78, 5) is 16.2. The van der Waals surface area contributed by atoms with Gasteiger partial charge < -0.3 is 19.7 Å². The number of nitrogens with zero attached hydrogens (tertiary/aromatic N) is 6. The lowest BCUT2D eigenvalue weighted by Gasteiger charge is -2.25. The van der Waals surface area contributed by atoms with Crippen molar-refractivity contribution in [1.29, 1.82) is 0 Å². The summed E-state index contributed by atoms with van der Waals surface area (Å²) in [5.74, 6) is 2.37. The van der Waals surface area contributed by atoms with Gasteiger partial charge in [0.15, 0.2) is 23.1 Å². The summed E-state index contributed by atoms with van der Waals surface area (Å²) in [6.07, 6.45) is 10.9. The van der Waals surface area contributed by atoms with E-state index in [1.807, 2.05) is 26.0 Å². The van der Waals surface area contributed by atoms with Crippen LogP contribution in [0.1, 0.15) is 57.7 Å². The average Bonchev–Trinajstić information content (AvgIpc) is 3.40. The molecule has 0 saturated heterocycles. The fourth-order valence-corrected chi connectivity index (χ4v) is 5.05. The van der Waals surface area contributed by atoms with Gasteiger partial charge >= 0.3 is 0 Å². The van der Waals surface area contributed by atoms with Crippen molar-refractivity contribution in [3.63, 3.8) is 0 Å². The molecule has 5 rings (SSSR count). The van der Waals surface area contributed by atoms with Crippen molar-refractivity contribution in [2.24, 2.45) is 10.9 Å². The smallest absolute Gasteiger partial charge is 0.172 e. The third-order valence-corrected chi connectivity index (χ3v) is 7.36. The van der Waals surface area contributed by atoms with Gasteiger partial charge in [0.1, 0.15) is 29.3 Å². The molecule has 11 heteroatoms. The molecule has 4 heterocycles. The van der Waals surface area contributed by atoms with Gasteiger partial charge in [-0.05, 0) is 43.5 Å². The van der Waals surface area contributed by atoms with E-state index in [1.165, 1.54) is 18.5 Å². The van der Waals surface area contributed by atoms with Crippen LogP contribution in [0, 0.1) is 18.7 Å². The second-order valence-electron chi connectivity index (χ2n) is 10.7. The maximum Gasteiger partial charge on any atom is 0.172 e. The molecule has 1 N–H and O–H groups in total. The number of pyridine rings is 2. The third-order valence-electron chi connectivity index (χ3n) is 7.07. The summed E-state index contributed by atoms with van der Waals surface area (Å²) >= 11 is 6.58. The lowest BCUT2D eigenvalue weighted by Crippen LogP contribution is -2.30. The summed E-state index contributed by atoms with van der Waals surface area (Å²) < 4.78 is 29.2. The average molecular weight is 606 g/mol. The van der Waals surface area contributed by atoms with Crippen LogP contribution in [0.5, 0.6) is 17.2 Å². The number of rotatable bonds is 10. The van der Waals surface area contributed by atoms with E-state index in [9.17, 15) is 0 Å². The second-order valence-corrected chi connectivity index (χ2v) is 11.1. The van der Waals surface area contributed by atoms with E-state index in [-0.39, 0.29) is 16.5 Å². The Morgan fingerprint density at radius 1 is 1.26 bits per heavy atom. The SMILES string of the molecule is CC/C=C/N=C(Nc1cc(Cl)c(Oc2ccn3ncnc3c2)cc1F)c1nc2c(cc1C)OCC(C)CN2CCCCC. The van der Waals surface area contributed by atoms with Crippen molar-refractivity contribution in [2.75, 3.05) is 29.9 Å². The van der Waals surface area contributed by atoms with Gasteiger partial charge in [-0.1, -0.05) is 51.3 Å². The van der Waals surface area contributed by atoms with Gasteiger partial charge in [-0.15, -0.1) is 0 Å². The number of hydrogen-bond donors (Lipinski definition) is 1. The summed E-state index contributed by atoms with van der Waals surface area (Å²) in [6.45, 7) is 10.7. The van der Waals surface area contributed by atoms with E-state index in [0.717, 1.165) is 55.9 Å². The molecule has 1 aliphatic rings. The zero-order valence-corrected chi connectivity index (χ0v) is 25.7. The highest BCUT2D eigenvalue weighted by molar-refractivity contribution is 6.32. The summed E-state index contributed by atoms with van der Waals surface area (Å²) in [5, 5.41) is 7.45. The third kappa shape index (κ3) is 7.25. The Hall–Kier alpha value is -4.18. The standard InChI is InChI=1S/C32H37ClFN7O2/c1-5-7-9-12-40-18-21(3)19-42-28-14-22(4)30(39-32(28)40)31(35-11-8-6-2)38-26-16-24(33)27(17-25(26)34)43-23-10-13-41-29(15-23)36-20-37-41/h8,10-11,13-17,20-21H,5-7,9,12,18-19H2,1-4H3,(H,35,38)/b11-8+. The Kier molecular flexibility index (Phi) is 9.76. The van der Waals surface area contributed by atoms with Crippen LogP contribution in [0.3, 0.4) is 0 Å². The monoisotopic (exact) mass is 605 g/mol. The fraction of sp³-hybridized carbons (Fsp3) is 0.375. The lowest BCUT2D eigenvalue weighted by atomic mass is 10.1. The predicted octanol–water partition coefficient (Wildman–Crippen LogP) is 7.83. The largest absolute Gasteiger partial charge is 0.489 e. The summed E-state index contributed by atoms with van der Waals surface area (Å²) in [7, 11) is 0. The van der Waals surface area contributed by atoms with Gasteiger partial charge in [-0.25, -0.2) is 23.9 Å². The number of aryl methyl sites for hydroxylation is 1. The molecule has 1 atom stereocenters. The number of ether oxygens (including phenoxy) is 2. The van der Waals surface area contributed by atoms with E-state index in [0.29, 0.717) is 35.5 Å². The Bertz CT molecular complexity index is 1640. The minimum absolute atomic E-state index is 0.148. The number of hydrogen-bond acceptors (Lipinski definition) is 7. The second kappa shape index (κ2) is 13.9. The molecule has 9 nitrogen and oxygen atoms in total. The molecule has 226 valence electrons. The number of anilines is 2. The Labute approximate surface area is 256 Å². The number of unbranched alkanes of at least 4 members (excludes halogenated alkanes) is 2. The maximum absolute atomic E-state index is 15.6. The fourth-order valence-electron chi connectivity index (χ4n) is 4.85. The minimum atomic E-state index is -0.555. The minimum Gasteiger partial charge on any atom is -0.489 e. The van der Waals surface area contributed by atoms with E-state index < -0.39 is 5.82 Å². The van der Waals surface area contributed by atoms with Crippen LogP contribution in [0.25, 0.3) is 5.65 Å². The number of halogens is 2. The van der Waals surface area contributed by atoms with Crippen molar-refractivity contribution in [3.05, 3.63) is 77.2 Å². The van der Waals surface area contributed by atoms with E-state index in [1.54, 1.807) is 29.0 Å². The molecule has 1 unspecified atom stereocenters. The molecule has 0 spiro atoms. The van der Waals surface area contributed by atoms with E-state index in [4.69, 9.17) is 26.1 Å².